The van der Waals surface area contributed by atoms with Crippen LogP contribution < -0.4 is 0 Å². The second kappa shape index (κ2) is 11.4. The van der Waals surface area contributed by atoms with E-state index in [9.17, 15) is 15.0 Å². The van der Waals surface area contributed by atoms with Gasteiger partial charge in [0.2, 0.25) is 0 Å². The maximum atomic E-state index is 11.6. The molecule has 156 valence electrons. The summed E-state index contributed by atoms with van der Waals surface area (Å²) in [6.45, 7) is 5.12. The predicted octanol–water partition coefficient (Wildman–Crippen LogP) is 4.02. The number of hydrogen-bond donors (Lipinski definition) is 2. The molecule has 0 amide bonds. The molecule has 2 aliphatic carbocycles. The number of ether oxygens (including phenoxy) is 1. The first-order valence-corrected chi connectivity index (χ1v) is 10.2. The van der Waals surface area contributed by atoms with Gasteiger partial charge < -0.3 is 14.9 Å². The van der Waals surface area contributed by atoms with E-state index in [4.69, 9.17) is 10.2 Å². The molecular formula is C24H36O4. The number of carbonyl (C=O) groups excluding carboxylic acids is 1. The van der Waals surface area contributed by atoms with Crippen LogP contribution in [0.15, 0.2) is 23.8 Å². The first-order valence-electron chi connectivity index (χ1n) is 12.2. The minimum Gasteiger partial charge on any atom is -0.466 e. The number of esters is 1. The van der Waals surface area contributed by atoms with E-state index in [2.05, 4.69) is 11.8 Å². The van der Waals surface area contributed by atoms with Crippen LogP contribution in [0.1, 0.15) is 71.1 Å². The number of carbonyl (C=O) groups is 1. The topological polar surface area (TPSA) is 66.8 Å². The van der Waals surface area contributed by atoms with E-state index in [1.54, 1.807) is 26.8 Å². The van der Waals surface area contributed by atoms with Gasteiger partial charge in [-0.25, -0.2) is 0 Å². The van der Waals surface area contributed by atoms with Crippen LogP contribution in [0.25, 0.3) is 0 Å². The van der Waals surface area contributed by atoms with Gasteiger partial charge in [0.25, 0.3) is 0 Å². The second-order valence-electron chi connectivity index (χ2n) is 7.69. The predicted molar refractivity (Wildman–Crippen MR) is 111 cm³/mol. The van der Waals surface area contributed by atoms with Gasteiger partial charge in [0, 0.05) is 24.2 Å². The SMILES string of the molecule is [2H]C([2H])(C/C=C1\C[C@H]2C[C@@H](O)[C@H](/C=C/[C@@H](O)C(C)C([2H])([2H])C#CC)[C@H]2C1)CC(=O)OCC. The Hall–Kier alpha value is -1.57. The molecule has 0 aliphatic heterocycles. The van der Waals surface area contributed by atoms with Crippen molar-refractivity contribution >= 4 is 5.97 Å². The molecule has 0 radical (unpaired) electrons. The molecule has 2 aliphatic rings. The van der Waals surface area contributed by atoms with E-state index in [-0.39, 0.29) is 31.3 Å². The van der Waals surface area contributed by atoms with Crippen molar-refractivity contribution in [3.8, 4) is 11.8 Å². The Morgan fingerprint density at radius 1 is 1.46 bits per heavy atom. The quantitative estimate of drug-likeness (QED) is 0.353. The van der Waals surface area contributed by atoms with E-state index >= 15 is 0 Å². The van der Waals surface area contributed by atoms with Crippen LogP contribution in [-0.2, 0) is 9.53 Å². The molecule has 4 heteroatoms. The highest BCUT2D eigenvalue weighted by molar-refractivity contribution is 5.69. The summed E-state index contributed by atoms with van der Waals surface area (Å²) in [4.78, 5) is 11.6. The van der Waals surface area contributed by atoms with Gasteiger partial charge in [-0.05, 0) is 63.7 Å². The molecule has 0 saturated heterocycles. The van der Waals surface area contributed by atoms with Crippen LogP contribution in [0.4, 0.5) is 0 Å². The summed E-state index contributed by atoms with van der Waals surface area (Å²) in [6, 6.07) is 0. The van der Waals surface area contributed by atoms with Crippen molar-refractivity contribution in [3.63, 3.8) is 0 Å². The fourth-order valence-electron chi connectivity index (χ4n) is 4.22. The minimum atomic E-state index is -1.80. The van der Waals surface area contributed by atoms with Gasteiger partial charge in [-0.2, -0.15) is 0 Å². The molecule has 4 nitrogen and oxygen atoms in total. The van der Waals surface area contributed by atoms with Crippen molar-refractivity contribution in [2.45, 2.75) is 77.8 Å². The van der Waals surface area contributed by atoms with Crippen molar-refractivity contribution in [2.24, 2.45) is 23.7 Å². The Labute approximate surface area is 175 Å². The lowest BCUT2D eigenvalue weighted by atomic mass is 9.89. The Kier molecular flexibility index (Phi) is 7.07. The summed E-state index contributed by atoms with van der Waals surface area (Å²) in [5, 5.41) is 21.0. The number of hydrogen-bond acceptors (Lipinski definition) is 4. The zero-order valence-electron chi connectivity index (χ0n) is 21.1. The first-order chi connectivity index (χ1) is 14.9. The van der Waals surface area contributed by atoms with Crippen LogP contribution in [0, 0.1) is 35.5 Å². The Balaban J connectivity index is 2.00. The third kappa shape index (κ3) is 6.50. The Morgan fingerprint density at radius 2 is 2.25 bits per heavy atom. The lowest BCUT2D eigenvalue weighted by Gasteiger charge is -2.19. The third-order valence-corrected chi connectivity index (χ3v) is 5.69. The van der Waals surface area contributed by atoms with Gasteiger partial charge in [0.1, 0.15) is 0 Å². The molecule has 2 fully saturated rings. The Morgan fingerprint density at radius 3 is 2.96 bits per heavy atom. The fourth-order valence-corrected chi connectivity index (χ4v) is 4.22. The number of allylic oxidation sites excluding steroid dienone is 2. The van der Waals surface area contributed by atoms with Gasteiger partial charge in [-0.3, -0.25) is 4.79 Å². The van der Waals surface area contributed by atoms with E-state index < -0.39 is 36.8 Å². The number of rotatable bonds is 9. The molecule has 0 spiro atoms. The van der Waals surface area contributed by atoms with Crippen LogP contribution in [0.2, 0.25) is 0 Å². The van der Waals surface area contributed by atoms with Crippen molar-refractivity contribution in [1.82, 2.24) is 0 Å². The van der Waals surface area contributed by atoms with Crippen molar-refractivity contribution in [2.75, 3.05) is 6.61 Å². The van der Waals surface area contributed by atoms with Gasteiger partial charge in [0.15, 0.2) is 0 Å². The molecule has 2 rings (SSSR count). The Bertz CT molecular complexity index is 781. The van der Waals surface area contributed by atoms with E-state index in [1.165, 1.54) is 0 Å². The average molecular weight is 393 g/mol. The first kappa shape index (κ1) is 17.3. The van der Waals surface area contributed by atoms with Gasteiger partial charge in [0.05, 0.1) is 18.8 Å². The maximum Gasteiger partial charge on any atom is 0.305 e. The molecule has 0 aromatic carbocycles. The monoisotopic (exact) mass is 392 g/mol. The molecule has 2 saturated carbocycles. The zero-order chi connectivity index (χ0) is 24.1. The molecule has 0 heterocycles. The summed E-state index contributed by atoms with van der Waals surface area (Å²) in [6.07, 6.45) is 2.38. The van der Waals surface area contributed by atoms with Crippen molar-refractivity contribution < 1.29 is 25.2 Å². The van der Waals surface area contributed by atoms with Gasteiger partial charge in [-0.15, -0.1) is 11.8 Å². The highest BCUT2D eigenvalue weighted by Gasteiger charge is 2.44. The maximum absolute atomic E-state index is 11.6. The molecular weight excluding hydrogens is 352 g/mol. The number of aliphatic hydroxyl groups excluding tert-OH is 2. The number of fused-ring (bicyclic) bond motifs is 1. The van der Waals surface area contributed by atoms with Crippen molar-refractivity contribution in [3.05, 3.63) is 23.8 Å². The highest BCUT2D eigenvalue weighted by atomic mass is 16.5. The van der Waals surface area contributed by atoms with Crippen LogP contribution >= 0.6 is 0 Å². The van der Waals surface area contributed by atoms with Crippen LogP contribution in [-0.4, -0.2) is 35.0 Å². The van der Waals surface area contributed by atoms with Crippen LogP contribution in [0.3, 0.4) is 0 Å². The molecule has 2 N–H and O–H groups in total. The minimum absolute atomic E-state index is 0.132. The molecule has 1 unspecified atom stereocenters. The van der Waals surface area contributed by atoms with E-state index in [0.717, 1.165) is 18.4 Å². The lowest BCUT2D eigenvalue weighted by Crippen LogP contribution is -2.19. The summed E-state index contributed by atoms with van der Waals surface area (Å²) in [5.74, 6) is 4.20. The molecule has 6 atom stereocenters. The standard InChI is InChI=1S/C24H36O4/c1-4-6-9-17(3)22(25)13-12-20-21-15-18(14-19(21)16-23(20)26)10-7-8-11-24(27)28-5-2/h10,12-13,17,19-23,25-26H,5,7-9,11,14-16H2,1-3H3/b13-12+,18-10+/t17?,19-,20+,21-,22+,23+/m0/s1/i8D2,9D2. The average Bonchev–Trinajstić information content (AvgIpc) is 3.20. The van der Waals surface area contributed by atoms with Gasteiger partial charge in [-0.1, -0.05) is 30.7 Å². The molecule has 0 bridgehead atoms. The molecule has 28 heavy (non-hydrogen) atoms. The second-order valence-corrected chi connectivity index (χ2v) is 7.69. The molecule has 0 aromatic rings. The van der Waals surface area contributed by atoms with E-state index in [0.29, 0.717) is 12.3 Å². The third-order valence-electron chi connectivity index (χ3n) is 5.69. The summed E-state index contributed by atoms with van der Waals surface area (Å²) < 4.78 is 36.9. The zero-order valence-corrected chi connectivity index (χ0v) is 17.1. The van der Waals surface area contributed by atoms with Gasteiger partial charge >= 0.3 is 5.97 Å². The summed E-state index contributed by atoms with van der Waals surface area (Å²) in [7, 11) is 0. The largest absolute Gasteiger partial charge is 0.466 e. The van der Waals surface area contributed by atoms with Crippen molar-refractivity contribution in [1.29, 1.82) is 0 Å². The van der Waals surface area contributed by atoms with E-state index in [1.807, 2.05) is 12.2 Å². The molecule has 0 aromatic heterocycles. The van der Waals surface area contributed by atoms with Crippen LogP contribution in [0.5, 0.6) is 0 Å². The summed E-state index contributed by atoms with van der Waals surface area (Å²) >= 11 is 0. The summed E-state index contributed by atoms with van der Waals surface area (Å²) in [5.41, 5.74) is 1.14. The highest BCUT2D eigenvalue weighted by Crippen LogP contribution is 2.50. The smallest absolute Gasteiger partial charge is 0.305 e. The fraction of sp³-hybridized carbons (Fsp3) is 0.708. The number of aliphatic hydroxyl groups is 2. The normalized spacial score (nSPS) is 33.2. The lowest BCUT2D eigenvalue weighted by molar-refractivity contribution is -0.143.